The average Bonchev–Trinajstić information content (AvgIpc) is 2.74. The first-order valence-electron chi connectivity index (χ1n) is 4.98. The Morgan fingerprint density at radius 3 is 2.75 bits per heavy atom. The minimum atomic E-state index is 0.733. The SMILES string of the molecule is N/C(=C\c1ccccc1Cl)Cc1cccs1. The van der Waals surface area contributed by atoms with Crippen LogP contribution in [-0.2, 0) is 6.42 Å². The predicted molar refractivity (Wildman–Crippen MR) is 71.6 cm³/mol. The van der Waals surface area contributed by atoms with E-state index in [-0.39, 0.29) is 0 Å². The number of thiophene rings is 1. The van der Waals surface area contributed by atoms with Crippen LogP contribution in [0.2, 0.25) is 5.02 Å². The number of nitrogens with two attached hydrogens (primary N) is 1. The van der Waals surface area contributed by atoms with Crippen LogP contribution in [0.15, 0.2) is 47.5 Å². The maximum atomic E-state index is 6.05. The zero-order chi connectivity index (χ0) is 11.4. The van der Waals surface area contributed by atoms with Gasteiger partial charge < -0.3 is 5.73 Å². The van der Waals surface area contributed by atoms with Gasteiger partial charge in [-0.05, 0) is 29.2 Å². The Hall–Kier alpha value is -1.25. The number of benzene rings is 1. The van der Waals surface area contributed by atoms with Crippen molar-refractivity contribution in [2.24, 2.45) is 5.73 Å². The second-order valence-corrected chi connectivity index (χ2v) is 4.94. The van der Waals surface area contributed by atoms with Crippen molar-refractivity contribution in [3.63, 3.8) is 0 Å². The van der Waals surface area contributed by atoms with Crippen molar-refractivity contribution in [2.45, 2.75) is 6.42 Å². The Bertz CT molecular complexity index is 488. The van der Waals surface area contributed by atoms with Gasteiger partial charge in [0.25, 0.3) is 0 Å². The molecule has 0 spiro atoms. The van der Waals surface area contributed by atoms with Gasteiger partial charge in [-0.3, -0.25) is 0 Å². The molecule has 0 unspecified atom stereocenters. The van der Waals surface area contributed by atoms with E-state index < -0.39 is 0 Å². The molecule has 0 aliphatic rings. The fourth-order valence-electron chi connectivity index (χ4n) is 1.46. The van der Waals surface area contributed by atoms with Crippen LogP contribution in [0.4, 0.5) is 0 Å². The molecule has 1 heterocycles. The van der Waals surface area contributed by atoms with Crippen LogP contribution in [-0.4, -0.2) is 0 Å². The molecular formula is C13H12ClNS. The van der Waals surface area contributed by atoms with E-state index in [0.717, 1.165) is 22.7 Å². The van der Waals surface area contributed by atoms with E-state index >= 15 is 0 Å². The van der Waals surface area contributed by atoms with E-state index in [1.165, 1.54) is 4.88 Å². The molecule has 0 aliphatic heterocycles. The van der Waals surface area contributed by atoms with Crippen molar-refractivity contribution in [1.82, 2.24) is 0 Å². The number of halogens is 1. The predicted octanol–water partition coefficient (Wildman–Crippen LogP) is 3.94. The molecule has 1 aromatic heterocycles. The van der Waals surface area contributed by atoms with Crippen LogP contribution in [0.1, 0.15) is 10.4 Å². The quantitative estimate of drug-likeness (QED) is 0.876. The van der Waals surface area contributed by atoms with Crippen molar-refractivity contribution in [1.29, 1.82) is 0 Å². The molecular weight excluding hydrogens is 238 g/mol. The number of allylic oxidation sites excluding steroid dienone is 1. The zero-order valence-corrected chi connectivity index (χ0v) is 10.3. The molecule has 2 rings (SSSR count). The van der Waals surface area contributed by atoms with Crippen molar-refractivity contribution in [2.75, 3.05) is 0 Å². The Balaban J connectivity index is 2.15. The van der Waals surface area contributed by atoms with Crippen LogP contribution < -0.4 is 5.73 Å². The van der Waals surface area contributed by atoms with Gasteiger partial charge in [-0.1, -0.05) is 35.9 Å². The van der Waals surface area contributed by atoms with E-state index in [0.29, 0.717) is 0 Å². The van der Waals surface area contributed by atoms with Gasteiger partial charge in [0.1, 0.15) is 0 Å². The molecule has 0 saturated carbocycles. The van der Waals surface area contributed by atoms with Crippen molar-refractivity contribution >= 4 is 29.0 Å². The van der Waals surface area contributed by atoms with Gasteiger partial charge in [0.2, 0.25) is 0 Å². The van der Waals surface area contributed by atoms with Gasteiger partial charge in [0, 0.05) is 22.0 Å². The fraction of sp³-hybridized carbons (Fsp3) is 0.0769. The summed E-state index contributed by atoms with van der Waals surface area (Å²) < 4.78 is 0. The number of rotatable bonds is 3. The molecule has 0 radical (unpaired) electrons. The lowest BCUT2D eigenvalue weighted by Crippen LogP contribution is -1.99. The number of hydrogen-bond donors (Lipinski definition) is 1. The maximum absolute atomic E-state index is 6.05. The topological polar surface area (TPSA) is 26.0 Å². The second kappa shape index (κ2) is 5.19. The lowest BCUT2D eigenvalue weighted by molar-refractivity contribution is 1.16. The summed E-state index contributed by atoms with van der Waals surface area (Å²) in [6, 6.07) is 11.8. The highest BCUT2D eigenvalue weighted by molar-refractivity contribution is 7.09. The second-order valence-electron chi connectivity index (χ2n) is 3.50. The molecule has 0 saturated heterocycles. The van der Waals surface area contributed by atoms with Crippen LogP contribution >= 0.6 is 22.9 Å². The van der Waals surface area contributed by atoms with E-state index in [1.807, 2.05) is 36.4 Å². The van der Waals surface area contributed by atoms with E-state index in [1.54, 1.807) is 11.3 Å². The summed E-state index contributed by atoms with van der Waals surface area (Å²) in [4.78, 5) is 1.26. The molecule has 3 heteroatoms. The van der Waals surface area contributed by atoms with E-state index in [2.05, 4.69) is 11.4 Å². The van der Waals surface area contributed by atoms with Gasteiger partial charge >= 0.3 is 0 Å². The fourth-order valence-corrected chi connectivity index (χ4v) is 2.39. The minimum Gasteiger partial charge on any atom is -0.402 e. The number of hydrogen-bond acceptors (Lipinski definition) is 2. The highest BCUT2D eigenvalue weighted by Crippen LogP contribution is 2.19. The normalized spacial score (nSPS) is 11.7. The lowest BCUT2D eigenvalue weighted by Gasteiger charge is -2.01. The molecule has 2 aromatic rings. The Morgan fingerprint density at radius 1 is 1.25 bits per heavy atom. The van der Waals surface area contributed by atoms with Crippen LogP contribution in [0.25, 0.3) is 6.08 Å². The third-order valence-corrected chi connectivity index (χ3v) is 3.43. The van der Waals surface area contributed by atoms with Crippen LogP contribution in [0.5, 0.6) is 0 Å². The minimum absolute atomic E-state index is 0.733. The Morgan fingerprint density at radius 2 is 2.06 bits per heavy atom. The van der Waals surface area contributed by atoms with Gasteiger partial charge in [0.05, 0.1) is 0 Å². The van der Waals surface area contributed by atoms with Crippen molar-refractivity contribution in [3.05, 3.63) is 62.9 Å². The zero-order valence-electron chi connectivity index (χ0n) is 8.69. The average molecular weight is 250 g/mol. The molecule has 0 fully saturated rings. The summed E-state index contributed by atoms with van der Waals surface area (Å²) in [6.45, 7) is 0. The molecule has 0 amide bonds. The molecule has 16 heavy (non-hydrogen) atoms. The lowest BCUT2D eigenvalue weighted by atomic mass is 10.1. The summed E-state index contributed by atoms with van der Waals surface area (Å²) in [5, 5.41) is 2.79. The third kappa shape index (κ3) is 2.87. The molecule has 1 nitrogen and oxygen atoms in total. The van der Waals surface area contributed by atoms with Crippen molar-refractivity contribution < 1.29 is 0 Å². The highest BCUT2D eigenvalue weighted by atomic mass is 35.5. The standard InChI is InChI=1S/C13H12ClNS/c14-13-6-2-1-4-10(13)8-11(15)9-12-5-3-7-16-12/h1-8H,9,15H2/b11-8-. The summed E-state index contributed by atoms with van der Waals surface area (Å²) in [5.41, 5.74) is 7.77. The third-order valence-electron chi connectivity index (χ3n) is 2.20. The molecule has 82 valence electrons. The van der Waals surface area contributed by atoms with E-state index in [4.69, 9.17) is 17.3 Å². The largest absolute Gasteiger partial charge is 0.402 e. The molecule has 1 aromatic carbocycles. The van der Waals surface area contributed by atoms with Crippen molar-refractivity contribution in [3.8, 4) is 0 Å². The summed E-state index contributed by atoms with van der Waals surface area (Å²) in [6.07, 6.45) is 2.71. The first kappa shape index (κ1) is 11.2. The molecule has 0 atom stereocenters. The Kier molecular flexibility index (Phi) is 3.65. The Labute approximate surface area is 104 Å². The van der Waals surface area contributed by atoms with Gasteiger partial charge in [-0.15, -0.1) is 11.3 Å². The molecule has 2 N–H and O–H groups in total. The summed E-state index contributed by atoms with van der Waals surface area (Å²) in [5.74, 6) is 0. The maximum Gasteiger partial charge on any atom is 0.0479 e. The van der Waals surface area contributed by atoms with E-state index in [9.17, 15) is 0 Å². The summed E-state index contributed by atoms with van der Waals surface area (Å²) in [7, 11) is 0. The first-order valence-corrected chi connectivity index (χ1v) is 6.24. The first-order chi connectivity index (χ1) is 7.75. The van der Waals surface area contributed by atoms with Gasteiger partial charge in [-0.25, -0.2) is 0 Å². The van der Waals surface area contributed by atoms with Gasteiger partial charge in [0.15, 0.2) is 0 Å². The monoisotopic (exact) mass is 249 g/mol. The van der Waals surface area contributed by atoms with Crippen LogP contribution in [0, 0.1) is 0 Å². The smallest absolute Gasteiger partial charge is 0.0479 e. The van der Waals surface area contributed by atoms with Gasteiger partial charge in [-0.2, -0.15) is 0 Å². The van der Waals surface area contributed by atoms with Crippen LogP contribution in [0.3, 0.4) is 0 Å². The molecule has 0 bridgehead atoms. The summed E-state index contributed by atoms with van der Waals surface area (Å²) >= 11 is 7.76. The molecule has 0 aliphatic carbocycles. The highest BCUT2D eigenvalue weighted by Gasteiger charge is 1.99.